The molecule has 1 saturated heterocycles. The molecule has 1 heterocycles. The third-order valence-electron chi connectivity index (χ3n) is 4.15. The molecule has 5 nitrogen and oxygen atoms in total. The Bertz CT molecular complexity index is 339. The molecule has 2 rings (SSSR count). The van der Waals surface area contributed by atoms with Gasteiger partial charge in [-0.1, -0.05) is 0 Å². The third kappa shape index (κ3) is 3.02. The lowest BCUT2D eigenvalue weighted by Gasteiger charge is -2.38. The predicted octanol–water partition coefficient (Wildman–Crippen LogP) is 0.339. The number of carbonyl (C=O) groups is 2. The van der Waals surface area contributed by atoms with Gasteiger partial charge in [0.05, 0.1) is 0 Å². The van der Waals surface area contributed by atoms with Crippen molar-refractivity contribution in [2.24, 2.45) is 5.73 Å². The molecule has 1 saturated carbocycles. The maximum atomic E-state index is 12.2. The maximum absolute atomic E-state index is 12.2. The molecule has 0 aromatic carbocycles. The van der Waals surface area contributed by atoms with Crippen molar-refractivity contribution in [1.29, 1.82) is 0 Å². The molecule has 0 unspecified atom stereocenters. The lowest BCUT2D eigenvalue weighted by atomic mass is 9.75. The summed E-state index contributed by atoms with van der Waals surface area (Å²) in [5.41, 5.74) is 5.87. The summed E-state index contributed by atoms with van der Waals surface area (Å²) in [6, 6.07) is 0. The lowest BCUT2D eigenvalue weighted by molar-refractivity contribution is -0.134. The number of nitrogens with zero attached hydrogens (tertiary/aromatic N) is 2. The van der Waals surface area contributed by atoms with E-state index in [0.29, 0.717) is 19.5 Å². The van der Waals surface area contributed by atoms with Gasteiger partial charge in [0.2, 0.25) is 11.8 Å². The molecular weight excluding hydrogens is 230 g/mol. The highest BCUT2D eigenvalue weighted by molar-refractivity contribution is 5.78. The van der Waals surface area contributed by atoms with E-state index in [1.807, 2.05) is 9.80 Å². The first-order chi connectivity index (χ1) is 8.50. The van der Waals surface area contributed by atoms with Crippen molar-refractivity contribution < 1.29 is 9.59 Å². The summed E-state index contributed by atoms with van der Waals surface area (Å²) in [5.74, 6) is 0.251. The zero-order chi connectivity index (χ0) is 13.2. The molecule has 0 bridgehead atoms. The summed E-state index contributed by atoms with van der Waals surface area (Å²) in [6.07, 6.45) is 4.40. The van der Waals surface area contributed by atoms with Crippen LogP contribution in [0, 0.1) is 0 Å². The summed E-state index contributed by atoms with van der Waals surface area (Å²) in [7, 11) is 0. The van der Waals surface area contributed by atoms with Gasteiger partial charge in [0.1, 0.15) is 0 Å². The Morgan fingerprint density at radius 2 is 1.67 bits per heavy atom. The van der Waals surface area contributed by atoms with Gasteiger partial charge < -0.3 is 15.5 Å². The molecule has 0 spiro atoms. The Labute approximate surface area is 108 Å². The number of hydrogen-bond acceptors (Lipinski definition) is 3. The van der Waals surface area contributed by atoms with Crippen LogP contribution in [0.4, 0.5) is 0 Å². The second-order valence-corrected chi connectivity index (χ2v) is 5.63. The van der Waals surface area contributed by atoms with E-state index in [2.05, 4.69) is 0 Å². The monoisotopic (exact) mass is 253 g/mol. The van der Waals surface area contributed by atoms with Crippen LogP contribution in [0.1, 0.15) is 39.0 Å². The molecule has 2 fully saturated rings. The van der Waals surface area contributed by atoms with Crippen molar-refractivity contribution in [1.82, 2.24) is 9.80 Å². The van der Waals surface area contributed by atoms with Crippen molar-refractivity contribution in [3.05, 3.63) is 0 Å². The van der Waals surface area contributed by atoms with Crippen LogP contribution in [0.3, 0.4) is 0 Å². The van der Waals surface area contributed by atoms with Crippen LogP contribution in [0.5, 0.6) is 0 Å². The lowest BCUT2D eigenvalue weighted by Crippen LogP contribution is -2.51. The molecule has 0 atom stereocenters. The van der Waals surface area contributed by atoms with Crippen molar-refractivity contribution in [2.75, 3.05) is 26.2 Å². The Kier molecular flexibility index (Phi) is 3.90. The normalized spacial score (nSPS) is 23.2. The Balaban J connectivity index is 1.85. The first-order valence-electron chi connectivity index (χ1n) is 6.82. The first kappa shape index (κ1) is 13.3. The van der Waals surface area contributed by atoms with E-state index in [1.165, 1.54) is 0 Å². The van der Waals surface area contributed by atoms with Crippen LogP contribution < -0.4 is 5.73 Å². The smallest absolute Gasteiger partial charge is 0.224 e. The highest BCUT2D eigenvalue weighted by Crippen LogP contribution is 2.32. The van der Waals surface area contributed by atoms with E-state index in [4.69, 9.17) is 5.73 Å². The second-order valence-electron chi connectivity index (χ2n) is 5.63. The SMILES string of the molecule is CC(=O)N1CCCN(C(=O)CC2(N)CCC2)CC1. The van der Waals surface area contributed by atoms with Crippen LogP contribution in [0.2, 0.25) is 0 Å². The molecule has 102 valence electrons. The molecule has 0 aromatic heterocycles. The molecule has 2 aliphatic rings. The number of hydrogen-bond donors (Lipinski definition) is 1. The Morgan fingerprint density at radius 1 is 1.06 bits per heavy atom. The fraction of sp³-hybridized carbons (Fsp3) is 0.846. The highest BCUT2D eigenvalue weighted by atomic mass is 16.2. The molecule has 1 aliphatic heterocycles. The van der Waals surface area contributed by atoms with Crippen LogP contribution >= 0.6 is 0 Å². The van der Waals surface area contributed by atoms with Gasteiger partial charge in [0, 0.05) is 45.1 Å². The van der Waals surface area contributed by atoms with Gasteiger partial charge in [-0.2, -0.15) is 0 Å². The maximum Gasteiger partial charge on any atom is 0.224 e. The van der Waals surface area contributed by atoms with Gasteiger partial charge in [-0.15, -0.1) is 0 Å². The Hall–Kier alpha value is -1.10. The van der Waals surface area contributed by atoms with Gasteiger partial charge in [-0.25, -0.2) is 0 Å². The Morgan fingerprint density at radius 3 is 2.22 bits per heavy atom. The molecule has 0 radical (unpaired) electrons. The summed E-state index contributed by atoms with van der Waals surface area (Å²) in [6.45, 7) is 4.39. The second kappa shape index (κ2) is 5.26. The summed E-state index contributed by atoms with van der Waals surface area (Å²) >= 11 is 0. The number of rotatable bonds is 2. The average Bonchev–Trinajstić information content (AvgIpc) is 2.52. The minimum atomic E-state index is -0.246. The fourth-order valence-corrected chi connectivity index (χ4v) is 2.70. The van der Waals surface area contributed by atoms with Crippen LogP contribution in [-0.2, 0) is 9.59 Å². The summed E-state index contributed by atoms with van der Waals surface area (Å²) in [5, 5.41) is 0. The zero-order valence-corrected chi connectivity index (χ0v) is 11.2. The van der Waals surface area contributed by atoms with Crippen molar-refractivity contribution in [3.8, 4) is 0 Å². The topological polar surface area (TPSA) is 66.6 Å². The van der Waals surface area contributed by atoms with E-state index in [0.717, 1.165) is 38.8 Å². The molecule has 5 heteroatoms. The van der Waals surface area contributed by atoms with Crippen molar-refractivity contribution in [2.45, 2.75) is 44.6 Å². The van der Waals surface area contributed by atoms with E-state index in [-0.39, 0.29) is 17.4 Å². The standard InChI is InChI=1S/C13H23N3O2/c1-11(17)15-6-3-7-16(9-8-15)12(18)10-13(14)4-2-5-13/h2-10,14H2,1H3. The van der Waals surface area contributed by atoms with Crippen LogP contribution in [0.15, 0.2) is 0 Å². The molecule has 0 aromatic rings. The van der Waals surface area contributed by atoms with Gasteiger partial charge in [0.15, 0.2) is 0 Å². The quantitative estimate of drug-likeness (QED) is 0.771. The first-order valence-corrected chi connectivity index (χ1v) is 6.82. The predicted molar refractivity (Wildman–Crippen MR) is 68.8 cm³/mol. The van der Waals surface area contributed by atoms with Gasteiger partial charge in [0.25, 0.3) is 0 Å². The van der Waals surface area contributed by atoms with E-state index < -0.39 is 0 Å². The summed E-state index contributed by atoms with van der Waals surface area (Å²) in [4.78, 5) is 27.2. The minimum Gasteiger partial charge on any atom is -0.341 e. The largest absolute Gasteiger partial charge is 0.341 e. The minimum absolute atomic E-state index is 0.0959. The average molecular weight is 253 g/mol. The van der Waals surface area contributed by atoms with Gasteiger partial charge >= 0.3 is 0 Å². The molecule has 2 N–H and O–H groups in total. The van der Waals surface area contributed by atoms with Crippen molar-refractivity contribution in [3.63, 3.8) is 0 Å². The van der Waals surface area contributed by atoms with E-state index in [1.54, 1.807) is 6.92 Å². The highest BCUT2D eigenvalue weighted by Gasteiger charge is 2.36. The molecular formula is C13H23N3O2. The van der Waals surface area contributed by atoms with Crippen molar-refractivity contribution >= 4 is 11.8 Å². The van der Waals surface area contributed by atoms with Gasteiger partial charge in [-0.05, 0) is 25.7 Å². The van der Waals surface area contributed by atoms with Crippen LogP contribution in [0.25, 0.3) is 0 Å². The number of carbonyl (C=O) groups excluding carboxylic acids is 2. The molecule has 2 amide bonds. The van der Waals surface area contributed by atoms with E-state index in [9.17, 15) is 9.59 Å². The molecule has 18 heavy (non-hydrogen) atoms. The number of amides is 2. The summed E-state index contributed by atoms with van der Waals surface area (Å²) < 4.78 is 0. The van der Waals surface area contributed by atoms with E-state index >= 15 is 0 Å². The fourth-order valence-electron chi connectivity index (χ4n) is 2.70. The van der Waals surface area contributed by atoms with Crippen LogP contribution in [-0.4, -0.2) is 53.3 Å². The number of nitrogens with two attached hydrogens (primary N) is 1. The molecule has 1 aliphatic carbocycles. The zero-order valence-electron chi connectivity index (χ0n) is 11.2. The van der Waals surface area contributed by atoms with Gasteiger partial charge in [-0.3, -0.25) is 9.59 Å². The third-order valence-corrected chi connectivity index (χ3v) is 4.15.